The van der Waals surface area contributed by atoms with E-state index in [1.54, 1.807) is 0 Å². The van der Waals surface area contributed by atoms with E-state index in [0.29, 0.717) is 12.1 Å². The standard InChI is InChI=1S/C12H22N2O2/c1-8(2)13-10-4-6-14(12(10)15)11-5-7-16-9(11)3/h8-11,13H,4-7H2,1-3H3. The summed E-state index contributed by atoms with van der Waals surface area (Å²) >= 11 is 0. The van der Waals surface area contributed by atoms with Crippen molar-refractivity contribution in [3.63, 3.8) is 0 Å². The van der Waals surface area contributed by atoms with E-state index in [-0.39, 0.29) is 18.1 Å². The van der Waals surface area contributed by atoms with Crippen LogP contribution in [-0.4, -0.2) is 48.2 Å². The van der Waals surface area contributed by atoms with Crippen molar-refractivity contribution < 1.29 is 9.53 Å². The van der Waals surface area contributed by atoms with Gasteiger partial charge in [0.25, 0.3) is 0 Å². The number of carbonyl (C=O) groups is 1. The molecule has 0 radical (unpaired) electrons. The van der Waals surface area contributed by atoms with Crippen LogP contribution in [0.1, 0.15) is 33.6 Å². The molecule has 3 atom stereocenters. The second kappa shape index (κ2) is 4.72. The summed E-state index contributed by atoms with van der Waals surface area (Å²) in [4.78, 5) is 14.2. The number of rotatable bonds is 3. The highest BCUT2D eigenvalue weighted by molar-refractivity contribution is 5.84. The van der Waals surface area contributed by atoms with E-state index in [0.717, 1.165) is 26.0 Å². The fourth-order valence-corrected chi connectivity index (χ4v) is 2.72. The number of ether oxygens (including phenoxy) is 1. The molecular formula is C12H22N2O2. The van der Waals surface area contributed by atoms with E-state index < -0.39 is 0 Å². The third kappa shape index (κ3) is 2.23. The van der Waals surface area contributed by atoms with Gasteiger partial charge in [0, 0.05) is 19.2 Å². The number of nitrogens with one attached hydrogen (secondary N) is 1. The van der Waals surface area contributed by atoms with E-state index in [9.17, 15) is 4.79 Å². The molecule has 0 aromatic heterocycles. The molecule has 2 rings (SSSR count). The predicted octanol–water partition coefficient (Wildman–Crippen LogP) is 0.763. The minimum atomic E-state index is 0.0211. The van der Waals surface area contributed by atoms with Crippen LogP contribution in [-0.2, 0) is 9.53 Å². The Kier molecular flexibility index (Phi) is 3.50. The lowest BCUT2D eigenvalue weighted by Crippen LogP contribution is -2.46. The van der Waals surface area contributed by atoms with Gasteiger partial charge in [-0.2, -0.15) is 0 Å². The molecule has 1 N–H and O–H groups in total. The number of likely N-dealkylation sites (tertiary alicyclic amines) is 1. The topological polar surface area (TPSA) is 41.6 Å². The van der Waals surface area contributed by atoms with E-state index in [4.69, 9.17) is 4.74 Å². The molecule has 0 bridgehead atoms. The van der Waals surface area contributed by atoms with Gasteiger partial charge in [0.15, 0.2) is 0 Å². The molecule has 0 saturated carbocycles. The summed E-state index contributed by atoms with van der Waals surface area (Å²) in [5, 5.41) is 3.33. The zero-order chi connectivity index (χ0) is 11.7. The minimum absolute atomic E-state index is 0.0211. The maximum Gasteiger partial charge on any atom is 0.240 e. The average molecular weight is 226 g/mol. The summed E-state index contributed by atoms with van der Waals surface area (Å²) < 4.78 is 5.53. The van der Waals surface area contributed by atoms with Crippen molar-refractivity contribution in [1.29, 1.82) is 0 Å². The van der Waals surface area contributed by atoms with Crippen LogP contribution < -0.4 is 5.32 Å². The molecule has 0 spiro atoms. The SMILES string of the molecule is CC(C)NC1CCN(C2CCOC2C)C1=O. The molecule has 2 aliphatic rings. The second-order valence-electron chi connectivity index (χ2n) is 5.13. The first-order valence-corrected chi connectivity index (χ1v) is 6.27. The van der Waals surface area contributed by atoms with E-state index in [1.165, 1.54) is 0 Å². The maximum absolute atomic E-state index is 12.2. The Bertz CT molecular complexity index is 268. The highest BCUT2D eigenvalue weighted by Crippen LogP contribution is 2.24. The van der Waals surface area contributed by atoms with Crippen LogP contribution in [0, 0.1) is 0 Å². The number of hydrogen-bond donors (Lipinski definition) is 1. The monoisotopic (exact) mass is 226 g/mol. The third-order valence-corrected chi connectivity index (χ3v) is 3.51. The summed E-state index contributed by atoms with van der Waals surface area (Å²) in [7, 11) is 0. The van der Waals surface area contributed by atoms with Crippen LogP contribution in [0.2, 0.25) is 0 Å². The molecule has 2 aliphatic heterocycles. The number of hydrogen-bond acceptors (Lipinski definition) is 3. The first-order valence-electron chi connectivity index (χ1n) is 6.27. The summed E-state index contributed by atoms with van der Waals surface area (Å²) in [6.45, 7) is 7.89. The molecule has 0 aromatic carbocycles. The fraction of sp³-hybridized carbons (Fsp3) is 0.917. The molecule has 4 nitrogen and oxygen atoms in total. The van der Waals surface area contributed by atoms with Crippen LogP contribution in [0.3, 0.4) is 0 Å². The Balaban J connectivity index is 1.96. The molecule has 4 heteroatoms. The Morgan fingerprint density at radius 2 is 2.19 bits per heavy atom. The van der Waals surface area contributed by atoms with Gasteiger partial charge >= 0.3 is 0 Å². The second-order valence-corrected chi connectivity index (χ2v) is 5.13. The van der Waals surface area contributed by atoms with Gasteiger partial charge in [0.2, 0.25) is 5.91 Å². The Labute approximate surface area is 97.3 Å². The van der Waals surface area contributed by atoms with Gasteiger partial charge in [-0.1, -0.05) is 13.8 Å². The smallest absolute Gasteiger partial charge is 0.240 e. The largest absolute Gasteiger partial charge is 0.376 e. The van der Waals surface area contributed by atoms with Crippen molar-refractivity contribution >= 4 is 5.91 Å². The highest BCUT2D eigenvalue weighted by atomic mass is 16.5. The third-order valence-electron chi connectivity index (χ3n) is 3.51. The molecule has 0 aliphatic carbocycles. The van der Waals surface area contributed by atoms with Gasteiger partial charge < -0.3 is 15.0 Å². The van der Waals surface area contributed by atoms with Crippen LogP contribution in [0.25, 0.3) is 0 Å². The Morgan fingerprint density at radius 3 is 2.75 bits per heavy atom. The summed E-state index contributed by atoms with van der Waals surface area (Å²) in [6, 6.07) is 0.686. The van der Waals surface area contributed by atoms with Crippen molar-refractivity contribution in [3.8, 4) is 0 Å². The molecule has 0 aromatic rings. The quantitative estimate of drug-likeness (QED) is 0.772. The number of carbonyl (C=O) groups excluding carboxylic acids is 1. The lowest BCUT2D eigenvalue weighted by atomic mass is 10.1. The van der Waals surface area contributed by atoms with Gasteiger partial charge in [0.1, 0.15) is 0 Å². The molecule has 16 heavy (non-hydrogen) atoms. The molecule has 2 fully saturated rings. The van der Waals surface area contributed by atoms with Crippen LogP contribution in [0.15, 0.2) is 0 Å². The van der Waals surface area contributed by atoms with Crippen molar-refractivity contribution in [2.75, 3.05) is 13.2 Å². The van der Waals surface area contributed by atoms with Crippen LogP contribution >= 0.6 is 0 Å². The Morgan fingerprint density at radius 1 is 1.44 bits per heavy atom. The molecule has 92 valence electrons. The molecule has 1 amide bonds. The van der Waals surface area contributed by atoms with Crippen molar-refractivity contribution in [2.45, 2.75) is 57.8 Å². The first kappa shape index (κ1) is 11.9. The van der Waals surface area contributed by atoms with Crippen LogP contribution in [0.4, 0.5) is 0 Å². The highest BCUT2D eigenvalue weighted by Gasteiger charge is 2.40. The lowest BCUT2D eigenvalue weighted by Gasteiger charge is -2.27. The van der Waals surface area contributed by atoms with Gasteiger partial charge in [-0.25, -0.2) is 0 Å². The fourth-order valence-electron chi connectivity index (χ4n) is 2.72. The number of amides is 1. The van der Waals surface area contributed by atoms with Crippen LogP contribution in [0.5, 0.6) is 0 Å². The van der Waals surface area contributed by atoms with Crippen molar-refractivity contribution in [3.05, 3.63) is 0 Å². The lowest BCUT2D eigenvalue weighted by molar-refractivity contribution is -0.132. The van der Waals surface area contributed by atoms with Gasteiger partial charge in [0.05, 0.1) is 18.2 Å². The van der Waals surface area contributed by atoms with Crippen molar-refractivity contribution in [2.24, 2.45) is 0 Å². The van der Waals surface area contributed by atoms with Gasteiger partial charge in [-0.15, -0.1) is 0 Å². The minimum Gasteiger partial charge on any atom is -0.376 e. The average Bonchev–Trinajstić information content (AvgIpc) is 2.75. The Hall–Kier alpha value is -0.610. The van der Waals surface area contributed by atoms with Crippen molar-refractivity contribution in [1.82, 2.24) is 10.2 Å². The summed E-state index contributed by atoms with van der Waals surface area (Å²) in [6.07, 6.45) is 2.11. The first-order chi connectivity index (χ1) is 7.59. The summed E-state index contributed by atoms with van der Waals surface area (Å²) in [5.41, 5.74) is 0. The maximum atomic E-state index is 12.2. The van der Waals surface area contributed by atoms with E-state index in [2.05, 4.69) is 26.1 Å². The molecule has 2 heterocycles. The zero-order valence-corrected chi connectivity index (χ0v) is 10.4. The van der Waals surface area contributed by atoms with E-state index >= 15 is 0 Å². The molecular weight excluding hydrogens is 204 g/mol. The zero-order valence-electron chi connectivity index (χ0n) is 10.4. The van der Waals surface area contributed by atoms with E-state index in [1.807, 2.05) is 4.90 Å². The number of nitrogens with zero attached hydrogens (tertiary/aromatic N) is 1. The van der Waals surface area contributed by atoms with Gasteiger partial charge in [-0.05, 0) is 19.8 Å². The molecule has 3 unspecified atom stereocenters. The predicted molar refractivity (Wildman–Crippen MR) is 62.2 cm³/mol. The normalized spacial score (nSPS) is 35.4. The van der Waals surface area contributed by atoms with Gasteiger partial charge in [-0.3, -0.25) is 4.79 Å². The molecule has 2 saturated heterocycles. The summed E-state index contributed by atoms with van der Waals surface area (Å²) in [5.74, 6) is 0.260.